The molecule has 0 unspecified atom stereocenters. The van der Waals surface area contributed by atoms with Gasteiger partial charge in [0.2, 0.25) is 53.2 Å². The van der Waals surface area contributed by atoms with Gasteiger partial charge in [0.15, 0.2) is 35.8 Å². The van der Waals surface area contributed by atoms with E-state index < -0.39 is 126 Å². The first-order valence-electron chi connectivity index (χ1n) is 31.3. The Morgan fingerprint density at radius 3 is 0.897 bits per heavy atom. The van der Waals surface area contributed by atoms with Gasteiger partial charge in [-0.05, 0) is 127 Å². The number of phenolic OH excluding ortho intramolecular Hbond substituents is 1. The number of unbranched alkanes of at least 4 members (excludes halogenated alkanes) is 1. The third-order valence-corrected chi connectivity index (χ3v) is 14.1. The number of carboxylic acids is 1. The van der Waals surface area contributed by atoms with Gasteiger partial charge in [0, 0.05) is 52.1 Å². The Hall–Kier alpha value is -10.7. The number of nitrogens with zero attached hydrogens (tertiary/aromatic N) is 6. The van der Waals surface area contributed by atoms with Crippen LogP contribution in [0.5, 0.6) is 5.75 Å². The molecule has 97 heavy (non-hydrogen) atoms. The second-order valence-electron chi connectivity index (χ2n) is 22.3. The predicted octanol–water partition coefficient (Wildman–Crippen LogP) is -10.1. The van der Waals surface area contributed by atoms with E-state index in [1.54, 1.807) is 0 Å². The van der Waals surface area contributed by atoms with Crippen LogP contribution in [0.1, 0.15) is 115 Å². The van der Waals surface area contributed by atoms with Crippen molar-refractivity contribution in [2.24, 2.45) is 116 Å². The Bertz CT molecular complexity index is 2870. The highest BCUT2D eigenvalue weighted by molar-refractivity contribution is 5.98. The number of nitrogens with two attached hydrogens (primary N) is 15. The number of primary amides is 1. The number of rotatable bonds is 50. The fourth-order valence-electron chi connectivity index (χ4n) is 9.08. The number of guanidine groups is 6. The minimum absolute atomic E-state index is 0.00750. The number of amides is 9. The average molecular weight is 1370 g/mol. The quantitative estimate of drug-likeness (QED) is 0.0164. The van der Waals surface area contributed by atoms with Crippen LogP contribution in [0.2, 0.25) is 0 Å². The van der Waals surface area contributed by atoms with Gasteiger partial charge in [-0.3, -0.25) is 73.1 Å². The maximum atomic E-state index is 14.8. The lowest BCUT2D eigenvalue weighted by Crippen LogP contribution is -2.60. The van der Waals surface area contributed by atoms with Crippen LogP contribution in [0.15, 0.2) is 54.2 Å². The molecule has 0 fully saturated rings. The van der Waals surface area contributed by atoms with E-state index in [2.05, 4.69) is 72.5 Å². The van der Waals surface area contributed by atoms with Gasteiger partial charge < -0.3 is 139 Å². The fraction of sp³-hybridized carbons (Fsp3) is 0.607. The number of hydrogen-bond acceptors (Lipinski definition) is 19. The molecule has 0 aromatic heterocycles. The third kappa shape index (κ3) is 38.9. The molecule has 1 aromatic carbocycles. The van der Waals surface area contributed by atoms with Crippen molar-refractivity contribution >= 4 is 94.9 Å². The van der Waals surface area contributed by atoms with Gasteiger partial charge in [0.1, 0.15) is 54.1 Å². The van der Waals surface area contributed by atoms with E-state index >= 15 is 0 Å². The van der Waals surface area contributed by atoms with Crippen LogP contribution in [0.3, 0.4) is 0 Å². The van der Waals surface area contributed by atoms with Crippen LogP contribution in [-0.4, -0.2) is 205 Å². The normalized spacial score (nSPS) is 13.5. The minimum atomic E-state index is -1.71. The van der Waals surface area contributed by atoms with E-state index in [1.165, 1.54) is 24.3 Å². The number of nitrogens with one attached hydrogen (secondary N) is 8. The second kappa shape index (κ2) is 47.2. The topological polar surface area (TPSA) is 772 Å². The number of aliphatic carboxylic acids is 1. The molecule has 41 nitrogen and oxygen atoms in total. The molecule has 0 saturated carbocycles. The summed E-state index contributed by atoms with van der Waals surface area (Å²) in [6.07, 6.45) is -0.751. The van der Waals surface area contributed by atoms with Crippen LogP contribution in [0, 0.1) is 0 Å². The third-order valence-electron chi connectivity index (χ3n) is 14.1. The molecule has 0 spiro atoms. The highest BCUT2D eigenvalue weighted by Crippen LogP contribution is 2.15. The number of hydrogen-bond donors (Lipinski definition) is 25. The van der Waals surface area contributed by atoms with Crippen LogP contribution in [0.25, 0.3) is 0 Å². The van der Waals surface area contributed by atoms with Gasteiger partial charge in [0.25, 0.3) is 0 Å². The zero-order valence-electron chi connectivity index (χ0n) is 54.5. The van der Waals surface area contributed by atoms with Crippen LogP contribution >= 0.6 is 0 Å². The Labute approximate surface area is 561 Å². The average Bonchev–Trinajstić information content (AvgIpc) is 1.02. The summed E-state index contributed by atoms with van der Waals surface area (Å²) in [6, 6.07) is -7.63. The van der Waals surface area contributed by atoms with Crippen molar-refractivity contribution in [2.45, 2.75) is 170 Å². The SMILES string of the molecule is NCCCC[C@H](NC(=O)[C@H](N)CCCN=C(N)N)C(=O)N[C@@H](Cc1ccc(O)cc1)C(=O)N[C@@H](CCCN=C(N)N)C(=O)N[C@H](CCCN=C(N)N)C(=O)N[C@@H](CCC(N)=O)C(=O)N[C@@H](CCCN=C(N)N)C(=O)N[C@@H](CCCN=C(N)N)C(=O)N[C@H](CCCN=C(N)N)C(=O)O. The van der Waals surface area contributed by atoms with E-state index in [0.29, 0.717) is 24.8 Å². The van der Waals surface area contributed by atoms with Crippen molar-refractivity contribution in [3.8, 4) is 5.75 Å². The van der Waals surface area contributed by atoms with Gasteiger partial charge >= 0.3 is 5.97 Å². The van der Waals surface area contributed by atoms with Gasteiger partial charge in [-0.15, -0.1) is 0 Å². The molecule has 0 heterocycles. The first-order chi connectivity index (χ1) is 45.8. The lowest BCUT2D eigenvalue weighted by molar-refractivity contribution is -0.142. The molecule has 1 aromatic rings. The van der Waals surface area contributed by atoms with Gasteiger partial charge in [-0.2, -0.15) is 0 Å². The first kappa shape index (κ1) is 84.3. The lowest BCUT2D eigenvalue weighted by Gasteiger charge is -2.28. The molecule has 0 aliphatic rings. The van der Waals surface area contributed by atoms with Crippen molar-refractivity contribution in [3.63, 3.8) is 0 Å². The van der Waals surface area contributed by atoms with E-state index in [-0.39, 0.29) is 171 Å². The molecule has 544 valence electrons. The number of carboxylic acid groups (broad SMARTS) is 1. The number of aromatic hydroxyl groups is 1. The highest BCUT2D eigenvalue weighted by atomic mass is 16.4. The monoisotopic (exact) mass is 1370 g/mol. The van der Waals surface area contributed by atoms with Crippen LogP contribution in [-0.2, 0) is 54.4 Å². The molecule has 0 bridgehead atoms. The molecule has 41 heteroatoms. The Balaban J connectivity index is 3.92. The lowest BCUT2D eigenvalue weighted by atomic mass is 10.0. The summed E-state index contributed by atoms with van der Waals surface area (Å²) in [5, 5.41) is 40.7. The molecule has 0 aliphatic heterocycles. The standard InChI is InChI=1S/C56H103N29O12/c57-22-2-1-10-33(78-42(88)32(58)9-3-23-72-51(60)61)47(93)85-40(29-30-16-18-31(86)19-17-30)49(95)82-36(13-6-26-75-54(66)67)44(90)79-35(12-5-25-74-53(64)65)45(91)83-38(20-21-41(59)87)48(94)81-34(11-4-24-73-52(62)63)43(89)80-37(14-7-27-76-55(68)69)46(92)84-39(50(96)97)15-8-28-77-56(70)71/h16-19,32-40,86H,1-15,20-29,57-58H2,(H2,59,87)(H,78,88)(H,79,90)(H,80,89)(H,81,94)(H,82,95)(H,83,91)(H,84,92)(H,85,93)(H,96,97)(H4,60,61,72)(H4,62,63,73)(H4,64,65,74)(H4,66,67,75)(H4,68,69,76)(H4,70,71,77)/t32-,33+,34+,35-,36+,37+,38+,39-,40+/m1/s1. The number of aliphatic imine (C=N–C) groups is 6. The summed E-state index contributed by atoms with van der Waals surface area (Å²) in [4.78, 5) is 163. The number of carbonyl (C=O) groups excluding carboxylic acids is 9. The summed E-state index contributed by atoms with van der Waals surface area (Å²) >= 11 is 0. The van der Waals surface area contributed by atoms with Crippen molar-refractivity contribution in [3.05, 3.63) is 29.8 Å². The number of phenols is 1. The zero-order valence-corrected chi connectivity index (χ0v) is 54.5. The maximum absolute atomic E-state index is 14.8. The molecule has 0 saturated heterocycles. The van der Waals surface area contributed by atoms with Crippen LogP contribution < -0.4 is 129 Å². The molecular weight excluding hydrogens is 1270 g/mol. The van der Waals surface area contributed by atoms with Crippen molar-refractivity contribution in [1.82, 2.24) is 42.5 Å². The summed E-state index contributed by atoms with van der Waals surface area (Å²) in [5.74, 6) is -11.6. The summed E-state index contributed by atoms with van der Waals surface area (Å²) < 4.78 is 0. The molecule has 1 rings (SSSR count). The molecular formula is C56H103N29O12. The maximum Gasteiger partial charge on any atom is 0.326 e. The smallest absolute Gasteiger partial charge is 0.326 e. The van der Waals surface area contributed by atoms with Gasteiger partial charge in [-0.1, -0.05) is 12.1 Å². The first-order valence-corrected chi connectivity index (χ1v) is 31.3. The van der Waals surface area contributed by atoms with Gasteiger partial charge in [0.05, 0.1) is 6.04 Å². The van der Waals surface area contributed by atoms with Crippen LogP contribution in [0.4, 0.5) is 0 Å². The number of benzene rings is 1. The molecule has 9 atom stereocenters. The Kier molecular flexibility index (Phi) is 41.0. The van der Waals surface area contributed by atoms with Crippen molar-refractivity contribution < 1.29 is 58.2 Å². The Morgan fingerprint density at radius 2 is 0.598 bits per heavy atom. The molecule has 9 amide bonds. The predicted molar refractivity (Wildman–Crippen MR) is 364 cm³/mol. The van der Waals surface area contributed by atoms with E-state index in [9.17, 15) is 58.2 Å². The summed E-state index contributed by atoms with van der Waals surface area (Å²) in [7, 11) is 0. The summed E-state index contributed by atoms with van der Waals surface area (Å²) in [5.41, 5.74) is 83.8. The molecule has 40 N–H and O–H groups in total. The highest BCUT2D eigenvalue weighted by Gasteiger charge is 2.35. The fourth-order valence-corrected chi connectivity index (χ4v) is 9.08. The van der Waals surface area contributed by atoms with E-state index in [0.717, 1.165) is 0 Å². The largest absolute Gasteiger partial charge is 0.508 e. The Morgan fingerprint density at radius 1 is 0.340 bits per heavy atom. The van der Waals surface area contributed by atoms with Crippen molar-refractivity contribution in [1.29, 1.82) is 0 Å². The van der Waals surface area contributed by atoms with Gasteiger partial charge in [-0.25, -0.2) is 4.79 Å². The van der Waals surface area contributed by atoms with E-state index in [4.69, 9.17) is 86.0 Å². The zero-order chi connectivity index (χ0) is 73.0. The summed E-state index contributed by atoms with van der Waals surface area (Å²) in [6.45, 7) is 0.198. The molecule has 0 aliphatic carbocycles. The number of carbonyl (C=O) groups is 10. The van der Waals surface area contributed by atoms with E-state index in [1.807, 2.05) is 0 Å². The molecule has 0 radical (unpaired) electrons. The minimum Gasteiger partial charge on any atom is -0.508 e. The van der Waals surface area contributed by atoms with Crippen molar-refractivity contribution in [2.75, 3.05) is 45.8 Å². The second-order valence-corrected chi connectivity index (χ2v) is 22.3.